The van der Waals surface area contributed by atoms with E-state index in [1.807, 2.05) is 11.3 Å². The third kappa shape index (κ3) is 3.99. The highest BCUT2D eigenvalue weighted by Crippen LogP contribution is 2.53. The standard InChI is InChI=1S/C43H31NS/c1-43(2)38-18-10-8-17-35(38)42-34-16-7-6-14-32(34)36(27-39(42)43)28-20-22-30(23-21-28)44(29-12-4-3-5-13-29)31-24-25-41-37(26-31)33-15-9-11-19-40(33)45-41/h3-27H,1-2H3. The topological polar surface area (TPSA) is 3.24 Å². The molecule has 0 unspecified atom stereocenters. The number of fused-ring (bicyclic) bond motifs is 8. The summed E-state index contributed by atoms with van der Waals surface area (Å²) < 4.78 is 2.64. The van der Waals surface area contributed by atoms with Gasteiger partial charge in [0.25, 0.3) is 0 Å². The number of hydrogen-bond donors (Lipinski definition) is 0. The zero-order valence-electron chi connectivity index (χ0n) is 25.3. The van der Waals surface area contributed by atoms with Crippen LogP contribution in [0.4, 0.5) is 17.1 Å². The molecule has 0 aliphatic heterocycles. The van der Waals surface area contributed by atoms with Gasteiger partial charge in [-0.2, -0.15) is 0 Å². The molecule has 0 N–H and O–H groups in total. The number of hydrogen-bond acceptors (Lipinski definition) is 2. The fraction of sp³-hybridized carbons (Fsp3) is 0.0698. The highest BCUT2D eigenvalue weighted by atomic mass is 32.1. The van der Waals surface area contributed by atoms with Crippen LogP contribution in [0.25, 0.3) is 53.2 Å². The van der Waals surface area contributed by atoms with E-state index < -0.39 is 0 Å². The molecule has 1 nitrogen and oxygen atoms in total. The second-order valence-electron chi connectivity index (χ2n) is 12.6. The molecule has 0 bridgehead atoms. The average molecular weight is 594 g/mol. The molecular formula is C43H31NS. The summed E-state index contributed by atoms with van der Waals surface area (Å²) >= 11 is 1.86. The molecule has 214 valence electrons. The van der Waals surface area contributed by atoms with Crippen molar-refractivity contribution in [2.45, 2.75) is 19.3 Å². The van der Waals surface area contributed by atoms with Crippen LogP contribution >= 0.6 is 11.3 Å². The summed E-state index contributed by atoms with van der Waals surface area (Å²) in [6.07, 6.45) is 0. The number of benzene rings is 7. The zero-order valence-corrected chi connectivity index (χ0v) is 26.1. The summed E-state index contributed by atoms with van der Waals surface area (Å²) in [5, 5.41) is 5.25. The molecule has 0 amide bonds. The molecule has 0 atom stereocenters. The molecule has 2 heteroatoms. The maximum absolute atomic E-state index is 2.46. The van der Waals surface area contributed by atoms with Crippen LogP contribution in [0.1, 0.15) is 25.0 Å². The van der Waals surface area contributed by atoms with Gasteiger partial charge in [0.05, 0.1) is 0 Å². The first-order chi connectivity index (χ1) is 22.1. The van der Waals surface area contributed by atoms with Crippen LogP contribution in [0.2, 0.25) is 0 Å². The number of nitrogens with zero attached hydrogens (tertiary/aromatic N) is 1. The highest BCUT2D eigenvalue weighted by Gasteiger charge is 2.36. The molecule has 0 saturated heterocycles. The van der Waals surface area contributed by atoms with Crippen LogP contribution in [-0.4, -0.2) is 0 Å². The normalized spacial score (nSPS) is 13.3. The van der Waals surface area contributed by atoms with Crippen LogP contribution in [-0.2, 0) is 5.41 Å². The minimum Gasteiger partial charge on any atom is -0.310 e. The Morgan fingerprint density at radius 2 is 1.07 bits per heavy atom. The fourth-order valence-corrected chi connectivity index (χ4v) is 8.54. The van der Waals surface area contributed by atoms with Gasteiger partial charge in [-0.3, -0.25) is 0 Å². The van der Waals surface area contributed by atoms with Gasteiger partial charge in [-0.1, -0.05) is 111 Å². The van der Waals surface area contributed by atoms with Gasteiger partial charge in [0, 0.05) is 42.6 Å². The van der Waals surface area contributed by atoms with E-state index in [0.717, 1.165) is 17.1 Å². The minimum absolute atomic E-state index is 0.0563. The third-order valence-corrected chi connectivity index (χ3v) is 10.8. The summed E-state index contributed by atoms with van der Waals surface area (Å²) in [5.41, 5.74) is 11.5. The highest BCUT2D eigenvalue weighted by molar-refractivity contribution is 7.25. The van der Waals surface area contributed by atoms with Crippen molar-refractivity contribution < 1.29 is 0 Å². The van der Waals surface area contributed by atoms with Gasteiger partial charge in [-0.05, 0) is 98.8 Å². The summed E-state index contributed by atoms with van der Waals surface area (Å²) in [5.74, 6) is 0. The molecule has 0 radical (unpaired) electrons. The van der Waals surface area contributed by atoms with E-state index in [2.05, 4.69) is 170 Å². The van der Waals surface area contributed by atoms with E-state index >= 15 is 0 Å². The maximum Gasteiger partial charge on any atom is 0.0468 e. The van der Waals surface area contributed by atoms with E-state index in [4.69, 9.17) is 0 Å². The smallest absolute Gasteiger partial charge is 0.0468 e. The molecule has 1 aromatic heterocycles. The van der Waals surface area contributed by atoms with Crippen molar-refractivity contribution in [1.29, 1.82) is 0 Å². The number of anilines is 3. The summed E-state index contributed by atoms with van der Waals surface area (Å²) in [4.78, 5) is 2.37. The van der Waals surface area contributed by atoms with E-state index in [1.165, 1.54) is 64.3 Å². The predicted octanol–water partition coefficient (Wildman–Crippen LogP) is 12.7. The van der Waals surface area contributed by atoms with Crippen LogP contribution in [0, 0.1) is 0 Å². The third-order valence-electron chi connectivity index (χ3n) is 9.66. The van der Waals surface area contributed by atoms with E-state index in [1.54, 1.807) is 0 Å². The van der Waals surface area contributed by atoms with Crippen LogP contribution in [0.15, 0.2) is 152 Å². The molecule has 9 rings (SSSR count). The fourth-order valence-electron chi connectivity index (χ4n) is 7.46. The van der Waals surface area contributed by atoms with Crippen molar-refractivity contribution in [3.63, 3.8) is 0 Å². The van der Waals surface area contributed by atoms with Crippen LogP contribution in [0.3, 0.4) is 0 Å². The first kappa shape index (κ1) is 26.2. The number of para-hydroxylation sites is 1. The zero-order chi connectivity index (χ0) is 30.1. The molecule has 0 saturated carbocycles. The lowest BCUT2D eigenvalue weighted by atomic mass is 9.80. The van der Waals surface area contributed by atoms with E-state index in [-0.39, 0.29) is 5.41 Å². The van der Waals surface area contributed by atoms with Crippen molar-refractivity contribution in [1.82, 2.24) is 0 Å². The molecule has 7 aromatic carbocycles. The molecule has 1 heterocycles. The van der Waals surface area contributed by atoms with Gasteiger partial charge in [-0.15, -0.1) is 11.3 Å². The van der Waals surface area contributed by atoms with Gasteiger partial charge >= 0.3 is 0 Å². The van der Waals surface area contributed by atoms with Gasteiger partial charge in [0.2, 0.25) is 0 Å². The molecule has 0 fully saturated rings. The lowest BCUT2D eigenvalue weighted by Crippen LogP contribution is -2.15. The average Bonchev–Trinajstić information content (AvgIpc) is 3.57. The Kier molecular flexibility index (Phi) is 5.78. The van der Waals surface area contributed by atoms with Gasteiger partial charge in [-0.25, -0.2) is 0 Å². The summed E-state index contributed by atoms with van der Waals surface area (Å²) in [6.45, 7) is 4.73. The Hall–Kier alpha value is -5.18. The first-order valence-corrected chi connectivity index (χ1v) is 16.4. The lowest BCUT2D eigenvalue weighted by Gasteiger charge is -2.26. The monoisotopic (exact) mass is 593 g/mol. The Morgan fingerprint density at radius 3 is 1.89 bits per heavy atom. The van der Waals surface area contributed by atoms with E-state index in [9.17, 15) is 0 Å². The first-order valence-electron chi connectivity index (χ1n) is 15.6. The molecule has 0 spiro atoms. The molecule has 1 aliphatic carbocycles. The largest absolute Gasteiger partial charge is 0.310 e. The van der Waals surface area contributed by atoms with Crippen molar-refractivity contribution in [3.05, 3.63) is 163 Å². The number of rotatable bonds is 4. The Labute approximate surface area is 267 Å². The minimum atomic E-state index is -0.0563. The lowest BCUT2D eigenvalue weighted by molar-refractivity contribution is 0.661. The van der Waals surface area contributed by atoms with E-state index in [0.29, 0.717) is 0 Å². The maximum atomic E-state index is 2.46. The van der Waals surface area contributed by atoms with Crippen molar-refractivity contribution in [3.8, 4) is 22.3 Å². The van der Waals surface area contributed by atoms with Gasteiger partial charge in [0.1, 0.15) is 0 Å². The predicted molar refractivity (Wildman–Crippen MR) is 195 cm³/mol. The molecule has 8 aromatic rings. The second-order valence-corrected chi connectivity index (χ2v) is 13.6. The summed E-state index contributed by atoms with van der Waals surface area (Å²) in [6, 6.07) is 55.8. The summed E-state index contributed by atoms with van der Waals surface area (Å²) in [7, 11) is 0. The van der Waals surface area contributed by atoms with Crippen LogP contribution in [0.5, 0.6) is 0 Å². The van der Waals surface area contributed by atoms with Crippen molar-refractivity contribution in [2.24, 2.45) is 0 Å². The molecule has 1 aliphatic rings. The van der Waals surface area contributed by atoms with Crippen LogP contribution < -0.4 is 4.90 Å². The van der Waals surface area contributed by atoms with Gasteiger partial charge in [0.15, 0.2) is 0 Å². The van der Waals surface area contributed by atoms with Crippen molar-refractivity contribution in [2.75, 3.05) is 4.90 Å². The number of thiophene rings is 1. The molecular weight excluding hydrogens is 563 g/mol. The Morgan fingerprint density at radius 1 is 0.444 bits per heavy atom. The quantitative estimate of drug-likeness (QED) is 0.196. The Balaban J connectivity index is 1.19. The Bertz CT molecular complexity index is 2400. The second kappa shape index (κ2) is 9.92. The SMILES string of the molecule is CC1(C)c2ccccc2-c2c1cc(-c1ccc(N(c3ccccc3)c3ccc4sc5ccccc5c4c3)cc1)c1ccccc21. The van der Waals surface area contributed by atoms with Crippen molar-refractivity contribution >= 4 is 59.3 Å². The van der Waals surface area contributed by atoms with Gasteiger partial charge < -0.3 is 4.90 Å². The molecule has 45 heavy (non-hydrogen) atoms.